The molecule has 1 aliphatic heterocycles. The first-order valence-corrected chi connectivity index (χ1v) is 9.34. The Bertz CT molecular complexity index is 982. The highest BCUT2D eigenvalue weighted by molar-refractivity contribution is 6.10. The molecule has 1 saturated carbocycles. The summed E-state index contributed by atoms with van der Waals surface area (Å²) < 4.78 is 41.1. The summed E-state index contributed by atoms with van der Waals surface area (Å²) in [5.74, 6) is -4.42. The van der Waals surface area contributed by atoms with Crippen LogP contribution in [0.5, 0.6) is 0 Å². The molecule has 0 N–H and O–H groups in total. The average Bonchev–Trinajstić information content (AvgIpc) is 3.44. The van der Waals surface area contributed by atoms with E-state index in [-0.39, 0.29) is 36.3 Å². The molecule has 8 heteroatoms. The van der Waals surface area contributed by atoms with E-state index in [0.29, 0.717) is 24.0 Å². The van der Waals surface area contributed by atoms with Crippen molar-refractivity contribution >= 4 is 17.6 Å². The van der Waals surface area contributed by atoms with E-state index in [9.17, 15) is 22.8 Å². The van der Waals surface area contributed by atoms with E-state index >= 15 is 0 Å². The molecule has 5 nitrogen and oxygen atoms in total. The number of hydrogen-bond acceptors (Lipinski definition) is 3. The second-order valence-corrected chi connectivity index (χ2v) is 7.81. The molecule has 2 aromatic rings. The zero-order valence-electron chi connectivity index (χ0n) is 16.1. The number of aromatic nitrogens is 1. The van der Waals surface area contributed by atoms with Gasteiger partial charge in [0, 0.05) is 25.2 Å². The minimum Gasteiger partial charge on any atom is -0.322 e. The van der Waals surface area contributed by atoms with Crippen molar-refractivity contribution in [1.82, 2.24) is 9.88 Å². The number of amides is 2. The highest BCUT2D eigenvalue weighted by Crippen LogP contribution is 2.47. The van der Waals surface area contributed by atoms with Crippen molar-refractivity contribution in [1.29, 1.82) is 0 Å². The summed E-state index contributed by atoms with van der Waals surface area (Å²) in [5, 5.41) is 0. The topological polar surface area (TPSA) is 53.5 Å². The van der Waals surface area contributed by atoms with Crippen LogP contribution in [0, 0.1) is 12.7 Å². The monoisotopic (exact) mass is 403 g/mol. The number of anilines is 1. The number of carbonyl (C=O) groups is 2. The maximum absolute atomic E-state index is 14.3. The lowest BCUT2D eigenvalue weighted by Crippen LogP contribution is -2.61. The van der Waals surface area contributed by atoms with Crippen LogP contribution in [0.4, 0.5) is 19.0 Å². The highest BCUT2D eigenvalue weighted by Gasteiger charge is 2.61. The third-order valence-corrected chi connectivity index (χ3v) is 5.49. The summed E-state index contributed by atoms with van der Waals surface area (Å²) >= 11 is 0. The lowest BCUT2D eigenvalue weighted by Gasteiger charge is -2.40. The maximum atomic E-state index is 14.3. The smallest absolute Gasteiger partial charge is 0.270 e. The molecule has 1 saturated heterocycles. The molecule has 1 aromatic carbocycles. The Labute approximate surface area is 166 Å². The molecule has 2 aliphatic rings. The van der Waals surface area contributed by atoms with Crippen molar-refractivity contribution in [3.8, 4) is 0 Å². The van der Waals surface area contributed by atoms with E-state index in [1.54, 1.807) is 6.92 Å². The van der Waals surface area contributed by atoms with Gasteiger partial charge in [0.15, 0.2) is 11.6 Å². The summed E-state index contributed by atoms with van der Waals surface area (Å²) in [5.41, 5.74) is 0.141. The number of benzene rings is 1. The molecule has 2 amide bonds. The normalized spacial score (nSPS) is 18.5. The number of alkyl halides is 2. The van der Waals surface area contributed by atoms with E-state index < -0.39 is 17.3 Å². The molecule has 1 aliphatic carbocycles. The van der Waals surface area contributed by atoms with Crippen LogP contribution in [0.25, 0.3) is 0 Å². The van der Waals surface area contributed by atoms with E-state index in [1.165, 1.54) is 41.4 Å². The summed E-state index contributed by atoms with van der Waals surface area (Å²) in [6, 6.07) is 6.99. The number of aryl methyl sites for hydroxylation is 1. The number of nitrogens with zero attached hydrogens (tertiary/aromatic N) is 3. The molecular formula is C21H20F3N3O2. The fourth-order valence-electron chi connectivity index (χ4n) is 3.72. The number of carbonyl (C=O) groups excluding carboxylic acids is 2. The first-order chi connectivity index (χ1) is 13.6. The van der Waals surface area contributed by atoms with Crippen LogP contribution in [0.2, 0.25) is 0 Å². The molecule has 0 bridgehead atoms. The predicted octanol–water partition coefficient (Wildman–Crippen LogP) is 3.55. The van der Waals surface area contributed by atoms with Gasteiger partial charge in [-0.15, -0.1) is 0 Å². The summed E-state index contributed by atoms with van der Waals surface area (Å²) in [4.78, 5) is 32.6. The van der Waals surface area contributed by atoms with Gasteiger partial charge in [-0.05, 0) is 37.0 Å². The number of piperazine rings is 1. The van der Waals surface area contributed by atoms with Gasteiger partial charge in [0.05, 0.1) is 0 Å². The first-order valence-electron chi connectivity index (χ1n) is 9.34. The van der Waals surface area contributed by atoms with E-state index in [1.807, 2.05) is 0 Å². The molecule has 0 unspecified atom stereocenters. The van der Waals surface area contributed by atoms with Crippen LogP contribution in [-0.4, -0.2) is 33.8 Å². The molecule has 1 aromatic heterocycles. The van der Waals surface area contributed by atoms with Gasteiger partial charge in [0.25, 0.3) is 11.8 Å². The van der Waals surface area contributed by atoms with E-state index in [4.69, 9.17) is 0 Å². The second kappa shape index (κ2) is 6.57. The van der Waals surface area contributed by atoms with E-state index in [0.717, 1.165) is 11.8 Å². The molecular weight excluding hydrogens is 383 g/mol. The largest absolute Gasteiger partial charge is 0.322 e. The van der Waals surface area contributed by atoms with Crippen molar-refractivity contribution in [3.05, 3.63) is 59.0 Å². The van der Waals surface area contributed by atoms with Gasteiger partial charge in [-0.2, -0.15) is 0 Å². The van der Waals surface area contributed by atoms with Crippen molar-refractivity contribution in [3.63, 3.8) is 0 Å². The van der Waals surface area contributed by atoms with Gasteiger partial charge in [0.2, 0.25) is 5.91 Å². The molecule has 0 atom stereocenters. The minimum absolute atomic E-state index is 0.115. The fourth-order valence-corrected chi connectivity index (χ4v) is 3.72. The SMILES string of the molecule is Cc1cnc(N2CC(=O)N(Cc3ccc(C(C)(F)F)cc3)C3(CC3)C2=O)c(F)c1. The Morgan fingerprint density at radius 2 is 1.83 bits per heavy atom. The molecule has 0 radical (unpaired) electrons. The fraction of sp³-hybridized carbons (Fsp3) is 0.381. The maximum Gasteiger partial charge on any atom is 0.270 e. The molecule has 2 fully saturated rings. The number of pyridine rings is 1. The van der Waals surface area contributed by atoms with Gasteiger partial charge in [0.1, 0.15) is 12.1 Å². The third kappa shape index (κ3) is 3.36. The molecule has 4 rings (SSSR count). The Kier molecular flexibility index (Phi) is 4.40. The number of halogens is 3. The first kappa shape index (κ1) is 19.4. The number of rotatable bonds is 4. The van der Waals surface area contributed by atoms with Gasteiger partial charge in [-0.3, -0.25) is 14.5 Å². The van der Waals surface area contributed by atoms with Crippen molar-refractivity contribution in [2.75, 3.05) is 11.4 Å². The van der Waals surface area contributed by atoms with Crippen LogP contribution in [-0.2, 0) is 22.1 Å². The van der Waals surface area contributed by atoms with Gasteiger partial charge in [-0.1, -0.05) is 24.3 Å². The molecule has 2 heterocycles. The Balaban J connectivity index is 1.58. The molecule has 1 spiro atoms. The Hall–Kier alpha value is -2.90. The lowest BCUT2D eigenvalue weighted by atomic mass is 10.0. The van der Waals surface area contributed by atoms with Crippen LogP contribution in [0.1, 0.15) is 36.5 Å². The summed E-state index contributed by atoms with van der Waals surface area (Å²) in [7, 11) is 0. The van der Waals surface area contributed by atoms with Crippen molar-refractivity contribution in [2.24, 2.45) is 0 Å². The zero-order chi connectivity index (χ0) is 21.0. The standard InChI is InChI=1S/C21H20F3N3O2/c1-13-9-16(22)18(25-10-13)26-12-17(28)27(21(7-8-21)19(26)29)11-14-3-5-15(6-4-14)20(2,23)24/h3-6,9-10H,7-8,11-12H2,1-2H3. The second-order valence-electron chi connectivity index (χ2n) is 7.81. The van der Waals surface area contributed by atoms with Gasteiger partial charge < -0.3 is 4.90 Å². The van der Waals surface area contributed by atoms with Crippen molar-refractivity contribution in [2.45, 2.75) is 44.7 Å². The Morgan fingerprint density at radius 1 is 1.17 bits per heavy atom. The number of hydrogen-bond donors (Lipinski definition) is 0. The predicted molar refractivity (Wildman–Crippen MR) is 99.8 cm³/mol. The van der Waals surface area contributed by atoms with Crippen LogP contribution in [0.3, 0.4) is 0 Å². The summed E-state index contributed by atoms with van der Waals surface area (Å²) in [6.07, 6.45) is 2.41. The van der Waals surface area contributed by atoms with Crippen LogP contribution < -0.4 is 4.90 Å². The van der Waals surface area contributed by atoms with Gasteiger partial charge in [-0.25, -0.2) is 18.2 Å². The molecule has 152 valence electrons. The minimum atomic E-state index is -2.95. The van der Waals surface area contributed by atoms with Crippen LogP contribution >= 0.6 is 0 Å². The quantitative estimate of drug-likeness (QED) is 0.785. The van der Waals surface area contributed by atoms with Crippen molar-refractivity contribution < 1.29 is 22.8 Å². The van der Waals surface area contributed by atoms with Gasteiger partial charge >= 0.3 is 0 Å². The summed E-state index contributed by atoms with van der Waals surface area (Å²) in [6.45, 7) is 2.34. The van der Waals surface area contributed by atoms with Crippen LogP contribution in [0.15, 0.2) is 36.5 Å². The third-order valence-electron chi connectivity index (χ3n) is 5.49. The lowest BCUT2D eigenvalue weighted by molar-refractivity contribution is -0.145. The zero-order valence-corrected chi connectivity index (χ0v) is 16.1. The van der Waals surface area contributed by atoms with E-state index in [2.05, 4.69) is 4.98 Å². The Morgan fingerprint density at radius 3 is 2.38 bits per heavy atom. The average molecular weight is 403 g/mol. The molecule has 29 heavy (non-hydrogen) atoms. The highest BCUT2D eigenvalue weighted by atomic mass is 19.3.